The van der Waals surface area contributed by atoms with Gasteiger partial charge < -0.3 is 20.1 Å². The Labute approximate surface area is 148 Å². The molecule has 0 aromatic heterocycles. The lowest BCUT2D eigenvalue weighted by molar-refractivity contribution is -0.262. The van der Waals surface area contributed by atoms with Gasteiger partial charge in [0.25, 0.3) is 0 Å². The van der Waals surface area contributed by atoms with Crippen LogP contribution in [0.25, 0.3) is 0 Å². The van der Waals surface area contributed by atoms with Crippen LogP contribution in [0.1, 0.15) is 24.1 Å². The van der Waals surface area contributed by atoms with Gasteiger partial charge in [-0.2, -0.15) is 0 Å². The van der Waals surface area contributed by atoms with E-state index in [-0.39, 0.29) is 6.04 Å². The number of hydrogen-bond donors (Lipinski definition) is 3. The molecule has 1 aliphatic heterocycles. The number of hydrogen-bond acceptors (Lipinski definition) is 5. The highest BCUT2D eigenvalue weighted by Gasteiger charge is 2.45. The third-order valence-electron chi connectivity index (χ3n) is 4.94. The largest absolute Gasteiger partial charge is 0.388 e. The summed E-state index contributed by atoms with van der Waals surface area (Å²) >= 11 is 0. The summed E-state index contributed by atoms with van der Waals surface area (Å²) in [6, 6.07) is 18.8. The molecule has 25 heavy (non-hydrogen) atoms. The molecule has 0 bridgehead atoms. The molecule has 0 aliphatic carbocycles. The second-order valence-corrected chi connectivity index (χ2v) is 6.59. The van der Waals surface area contributed by atoms with Crippen molar-refractivity contribution in [1.82, 2.24) is 4.90 Å². The smallest absolute Gasteiger partial charge is 0.173 e. The molecule has 0 radical (unpaired) electrons. The Kier molecular flexibility index (Phi) is 5.51. The maximum absolute atomic E-state index is 10.6. The summed E-state index contributed by atoms with van der Waals surface area (Å²) in [5, 5.41) is 31.2. The van der Waals surface area contributed by atoms with E-state index in [1.165, 1.54) is 0 Å². The van der Waals surface area contributed by atoms with Crippen LogP contribution < -0.4 is 0 Å². The second kappa shape index (κ2) is 7.64. The molecule has 1 heterocycles. The first-order valence-corrected chi connectivity index (χ1v) is 8.52. The molecule has 134 valence electrons. The van der Waals surface area contributed by atoms with Gasteiger partial charge in [0, 0.05) is 0 Å². The number of ether oxygens (including phenoxy) is 1. The first-order chi connectivity index (χ1) is 12.0. The molecule has 3 rings (SSSR count). The van der Waals surface area contributed by atoms with Crippen LogP contribution in [0.4, 0.5) is 0 Å². The number of rotatable bonds is 4. The van der Waals surface area contributed by atoms with Crippen LogP contribution in [0.3, 0.4) is 0 Å². The van der Waals surface area contributed by atoms with E-state index in [1.54, 1.807) is 6.92 Å². The van der Waals surface area contributed by atoms with Gasteiger partial charge in [-0.25, -0.2) is 0 Å². The molecule has 2 aromatic carbocycles. The molecular weight excluding hydrogens is 318 g/mol. The Morgan fingerprint density at radius 2 is 1.32 bits per heavy atom. The molecule has 0 spiro atoms. The Bertz CT molecular complexity index is 626. The zero-order chi connectivity index (χ0) is 18.0. The van der Waals surface area contributed by atoms with Crippen molar-refractivity contribution >= 4 is 0 Å². The zero-order valence-electron chi connectivity index (χ0n) is 14.4. The van der Waals surface area contributed by atoms with Crippen LogP contribution in [0.5, 0.6) is 0 Å². The summed E-state index contributed by atoms with van der Waals surface area (Å²) in [6.45, 7) is 1.64. The van der Waals surface area contributed by atoms with E-state index in [9.17, 15) is 15.3 Å². The monoisotopic (exact) mass is 343 g/mol. The lowest BCUT2D eigenvalue weighted by Crippen LogP contribution is -2.62. The van der Waals surface area contributed by atoms with Gasteiger partial charge in [0.2, 0.25) is 0 Å². The predicted molar refractivity (Wildman–Crippen MR) is 94.8 cm³/mol. The summed E-state index contributed by atoms with van der Waals surface area (Å²) < 4.78 is 5.43. The summed E-state index contributed by atoms with van der Waals surface area (Å²) in [7, 11) is 1.83. The van der Waals surface area contributed by atoms with Gasteiger partial charge in [-0.15, -0.1) is 0 Å². The fourth-order valence-electron chi connectivity index (χ4n) is 3.58. The van der Waals surface area contributed by atoms with Crippen molar-refractivity contribution in [2.24, 2.45) is 0 Å². The molecule has 5 atom stereocenters. The first kappa shape index (κ1) is 18.0. The van der Waals surface area contributed by atoms with Crippen LogP contribution in [0.2, 0.25) is 0 Å². The van der Waals surface area contributed by atoms with Gasteiger partial charge in [-0.05, 0) is 25.1 Å². The number of aliphatic hydroxyl groups excluding tert-OH is 3. The van der Waals surface area contributed by atoms with Crippen LogP contribution in [0, 0.1) is 0 Å². The summed E-state index contributed by atoms with van der Waals surface area (Å²) in [6.07, 6.45) is -3.98. The SMILES string of the molecule is C[C@H]1OC(O)[C@H](N(C)C(c2ccccc2)c2ccccc2)[C@@H](O)[C@H]1O. The third kappa shape index (κ3) is 3.61. The fourth-order valence-corrected chi connectivity index (χ4v) is 3.58. The lowest BCUT2D eigenvalue weighted by atomic mass is 9.91. The van der Waals surface area contributed by atoms with Gasteiger partial charge in [-0.1, -0.05) is 60.7 Å². The van der Waals surface area contributed by atoms with Crippen molar-refractivity contribution in [2.45, 2.75) is 43.6 Å². The molecular formula is C20H25NO4. The number of nitrogens with zero attached hydrogens (tertiary/aromatic N) is 1. The maximum atomic E-state index is 10.6. The van der Waals surface area contributed by atoms with E-state index in [1.807, 2.05) is 72.6 Å². The van der Waals surface area contributed by atoms with Crippen LogP contribution in [-0.2, 0) is 4.74 Å². The van der Waals surface area contributed by atoms with Gasteiger partial charge in [0.05, 0.1) is 18.2 Å². The van der Waals surface area contributed by atoms with Crippen LogP contribution in [-0.4, -0.2) is 57.9 Å². The van der Waals surface area contributed by atoms with Gasteiger partial charge in [0.15, 0.2) is 6.29 Å². The Morgan fingerprint density at radius 3 is 1.80 bits per heavy atom. The molecule has 1 fully saturated rings. The van der Waals surface area contributed by atoms with Crippen molar-refractivity contribution in [3.8, 4) is 0 Å². The van der Waals surface area contributed by atoms with E-state index in [0.29, 0.717) is 0 Å². The van der Waals surface area contributed by atoms with Crippen LogP contribution in [0.15, 0.2) is 60.7 Å². The van der Waals surface area contributed by atoms with Crippen molar-refractivity contribution in [3.63, 3.8) is 0 Å². The minimum Gasteiger partial charge on any atom is -0.388 e. The molecule has 3 N–H and O–H groups in total. The van der Waals surface area contributed by atoms with Crippen molar-refractivity contribution in [3.05, 3.63) is 71.8 Å². The van der Waals surface area contributed by atoms with Crippen LogP contribution >= 0.6 is 0 Å². The molecule has 2 aromatic rings. The Balaban J connectivity index is 1.98. The van der Waals surface area contributed by atoms with E-state index in [4.69, 9.17) is 4.74 Å². The molecule has 5 nitrogen and oxygen atoms in total. The minimum atomic E-state index is -1.19. The molecule has 1 aliphatic rings. The van der Waals surface area contributed by atoms with Gasteiger partial charge in [0.1, 0.15) is 12.2 Å². The number of likely N-dealkylation sites (N-methyl/N-ethyl adjacent to an activating group) is 1. The highest BCUT2D eigenvalue weighted by atomic mass is 16.6. The number of aliphatic hydroxyl groups is 3. The molecule has 5 heteroatoms. The summed E-state index contributed by atoms with van der Waals surface area (Å²) in [5.41, 5.74) is 2.06. The fraction of sp³-hybridized carbons (Fsp3) is 0.400. The van der Waals surface area contributed by atoms with Crippen molar-refractivity contribution in [1.29, 1.82) is 0 Å². The quantitative estimate of drug-likeness (QED) is 0.785. The standard InChI is InChI=1S/C20H25NO4/c1-13-18(22)19(23)17(20(24)25-13)21(2)16(14-9-5-3-6-10-14)15-11-7-4-8-12-15/h3-13,16-20,22-24H,1-2H3/t13-,17-,18+,19-,20?/m1/s1. The van der Waals surface area contributed by atoms with Gasteiger partial charge >= 0.3 is 0 Å². The predicted octanol–water partition coefficient (Wildman–Crippen LogP) is 1.54. The van der Waals surface area contributed by atoms with E-state index in [0.717, 1.165) is 11.1 Å². The van der Waals surface area contributed by atoms with Crippen molar-refractivity contribution < 1.29 is 20.1 Å². The summed E-state index contributed by atoms with van der Waals surface area (Å²) in [4.78, 5) is 1.87. The highest BCUT2D eigenvalue weighted by Crippen LogP contribution is 2.33. The zero-order valence-corrected chi connectivity index (χ0v) is 14.4. The first-order valence-electron chi connectivity index (χ1n) is 8.52. The normalized spacial score (nSPS) is 30.0. The number of benzene rings is 2. The molecule has 0 amide bonds. The topological polar surface area (TPSA) is 73.2 Å². The maximum Gasteiger partial charge on any atom is 0.173 e. The minimum absolute atomic E-state index is 0.194. The van der Waals surface area contributed by atoms with E-state index in [2.05, 4.69) is 0 Å². The Hall–Kier alpha value is -1.76. The van der Waals surface area contributed by atoms with E-state index < -0.39 is 30.6 Å². The molecule has 1 saturated heterocycles. The van der Waals surface area contributed by atoms with Gasteiger partial charge in [-0.3, -0.25) is 4.90 Å². The molecule has 1 unspecified atom stereocenters. The summed E-state index contributed by atoms with van der Waals surface area (Å²) in [5.74, 6) is 0. The van der Waals surface area contributed by atoms with E-state index >= 15 is 0 Å². The molecule has 0 saturated carbocycles. The third-order valence-corrected chi connectivity index (χ3v) is 4.94. The average molecular weight is 343 g/mol. The second-order valence-electron chi connectivity index (χ2n) is 6.59. The lowest BCUT2D eigenvalue weighted by Gasteiger charge is -2.46. The highest BCUT2D eigenvalue weighted by molar-refractivity contribution is 5.32. The average Bonchev–Trinajstić information content (AvgIpc) is 2.62. The van der Waals surface area contributed by atoms with Crippen molar-refractivity contribution in [2.75, 3.05) is 7.05 Å². The Morgan fingerprint density at radius 1 is 0.840 bits per heavy atom.